The van der Waals surface area contributed by atoms with Gasteiger partial charge in [0.25, 0.3) is 5.91 Å². The second kappa shape index (κ2) is 20.2. The fourth-order valence-corrected chi connectivity index (χ4v) is 9.25. The number of pyridine rings is 1. The first-order chi connectivity index (χ1) is 30.9. The second-order valence-corrected chi connectivity index (χ2v) is 16.8. The molecule has 0 bridgehead atoms. The van der Waals surface area contributed by atoms with Gasteiger partial charge in [-0.25, -0.2) is 13.6 Å². The van der Waals surface area contributed by atoms with Crippen LogP contribution in [-0.4, -0.2) is 135 Å². The lowest BCUT2D eigenvalue weighted by Gasteiger charge is -2.41. The van der Waals surface area contributed by atoms with Crippen molar-refractivity contribution in [3.8, 4) is 6.07 Å². The van der Waals surface area contributed by atoms with Crippen molar-refractivity contribution in [2.45, 2.75) is 51.6 Å². The fourth-order valence-electron chi connectivity index (χ4n) is 9.25. The number of rotatable bonds is 13. The van der Waals surface area contributed by atoms with Crippen LogP contribution in [0.1, 0.15) is 54.1 Å². The summed E-state index contributed by atoms with van der Waals surface area (Å²) in [5.41, 5.74) is 3.92. The number of aryl methyl sites for hydroxylation is 1. The molecule has 15 nitrogen and oxygen atoms in total. The second-order valence-electron chi connectivity index (χ2n) is 16.8. The van der Waals surface area contributed by atoms with Crippen molar-refractivity contribution < 1.29 is 32.8 Å². The highest BCUT2D eigenvalue weighted by atomic mass is 19.1. The minimum atomic E-state index is -1.09. The predicted octanol–water partition coefficient (Wildman–Crippen LogP) is 5.17. The third-order valence-corrected chi connectivity index (χ3v) is 12.8. The van der Waals surface area contributed by atoms with Gasteiger partial charge in [0.2, 0.25) is 12.3 Å². The quantitative estimate of drug-likeness (QED) is 0.171. The van der Waals surface area contributed by atoms with Crippen LogP contribution in [-0.2, 0) is 14.4 Å². The van der Waals surface area contributed by atoms with E-state index in [1.54, 1.807) is 30.2 Å². The topological polar surface area (TPSA) is 166 Å². The summed E-state index contributed by atoms with van der Waals surface area (Å²) in [6.07, 6.45) is 4.35. The Morgan fingerprint density at radius 3 is 2.38 bits per heavy atom. The number of imide groups is 1. The highest BCUT2D eigenvalue weighted by Gasteiger charge is 2.32. The number of aromatic nitrogens is 1. The number of likely N-dealkylation sites (N-methyl/N-ethyl adjacent to an activating group) is 1. The third-order valence-electron chi connectivity index (χ3n) is 12.8. The minimum Gasteiger partial charge on any atom is -0.369 e. The van der Waals surface area contributed by atoms with Gasteiger partial charge in [-0.15, -0.1) is 0 Å². The van der Waals surface area contributed by atoms with Gasteiger partial charge in [-0.2, -0.15) is 5.26 Å². The molecule has 4 heterocycles. The van der Waals surface area contributed by atoms with Crippen LogP contribution in [0.4, 0.5) is 36.3 Å². The number of anilines is 4. The summed E-state index contributed by atoms with van der Waals surface area (Å²) in [6.45, 7) is 10.3. The van der Waals surface area contributed by atoms with E-state index in [4.69, 9.17) is 0 Å². The van der Waals surface area contributed by atoms with Gasteiger partial charge in [-0.05, 0) is 87.1 Å². The molecule has 3 aliphatic heterocycles. The Morgan fingerprint density at radius 1 is 0.938 bits per heavy atom. The highest BCUT2D eigenvalue weighted by molar-refractivity contribution is 6.04. The van der Waals surface area contributed by atoms with Crippen molar-refractivity contribution in [2.24, 2.45) is 5.92 Å². The molecule has 2 unspecified atom stereocenters. The van der Waals surface area contributed by atoms with Crippen molar-refractivity contribution >= 4 is 64.2 Å². The predicted molar refractivity (Wildman–Crippen MR) is 240 cm³/mol. The summed E-state index contributed by atoms with van der Waals surface area (Å²) in [4.78, 5) is 77.7. The van der Waals surface area contributed by atoms with Crippen LogP contribution in [0.2, 0.25) is 0 Å². The molecule has 5 amide bonds. The maximum Gasteiger partial charge on any atom is 0.322 e. The zero-order valence-corrected chi connectivity index (χ0v) is 36.4. The normalized spacial score (nSPS) is 17.7. The Morgan fingerprint density at radius 2 is 1.70 bits per heavy atom. The first-order valence-electron chi connectivity index (χ1n) is 21.8. The van der Waals surface area contributed by atoms with Crippen LogP contribution in [0.3, 0.4) is 0 Å². The molecule has 0 aliphatic carbocycles. The molecule has 3 saturated heterocycles. The molecule has 64 heavy (non-hydrogen) atoms. The molecule has 1 aromatic heterocycles. The van der Waals surface area contributed by atoms with E-state index in [-0.39, 0.29) is 30.3 Å². The number of amides is 5. The average molecular weight is 877 g/mol. The minimum absolute atomic E-state index is 0.0276. The molecular formula is C47H54F2N10O5. The van der Waals surface area contributed by atoms with E-state index < -0.39 is 35.5 Å². The summed E-state index contributed by atoms with van der Waals surface area (Å²) in [7, 11) is 1.41. The van der Waals surface area contributed by atoms with Gasteiger partial charge in [0.15, 0.2) is 0 Å². The van der Waals surface area contributed by atoms with Gasteiger partial charge < -0.3 is 35.0 Å². The van der Waals surface area contributed by atoms with E-state index in [1.165, 1.54) is 13.1 Å². The largest absolute Gasteiger partial charge is 0.369 e. The van der Waals surface area contributed by atoms with Crippen LogP contribution < -0.4 is 25.3 Å². The molecular weight excluding hydrogens is 823 g/mol. The number of piperidine rings is 1. The standard InChI is InChI=1S/C47H54F2N10O5/c1-31-24-35(9-10-36(31)46(63)59(30-61)42(7-5-23-60)45(62)51-3)55-19-17-54(18-20-55)29-33-12-15-56(16-13-33)43-26-38(48)40(25-39(43)49)53-47(64)57-21-22-58(32(2)28-57)41-11-8-34(27-50)44-37(41)6-4-14-52-44/h4,6,8-11,14,23-26,30,32-33,42H,5,7,12-13,15-22,28-29H2,1-3H3,(H,51,62)(H,53,64). The van der Waals surface area contributed by atoms with E-state index in [1.807, 2.05) is 42.2 Å². The van der Waals surface area contributed by atoms with Crippen molar-refractivity contribution in [3.05, 3.63) is 89.1 Å². The summed E-state index contributed by atoms with van der Waals surface area (Å²) in [5.74, 6) is -2.03. The number of nitrogens with one attached hydrogen (secondary N) is 2. The zero-order chi connectivity index (χ0) is 45.5. The van der Waals surface area contributed by atoms with E-state index in [9.17, 15) is 29.2 Å². The number of piperazine rings is 2. The van der Waals surface area contributed by atoms with Gasteiger partial charge in [0.05, 0.1) is 22.5 Å². The van der Waals surface area contributed by atoms with Crippen LogP contribution in [0, 0.1) is 35.8 Å². The van der Waals surface area contributed by atoms with Gasteiger partial charge >= 0.3 is 6.03 Å². The molecule has 3 aliphatic rings. The monoisotopic (exact) mass is 876 g/mol. The van der Waals surface area contributed by atoms with Crippen molar-refractivity contribution in [1.29, 1.82) is 5.26 Å². The van der Waals surface area contributed by atoms with E-state index in [0.29, 0.717) is 73.5 Å². The van der Waals surface area contributed by atoms with Gasteiger partial charge in [-0.1, -0.05) is 0 Å². The zero-order valence-electron chi connectivity index (χ0n) is 36.4. The molecule has 2 N–H and O–H groups in total. The third kappa shape index (κ3) is 9.76. The first kappa shape index (κ1) is 45.4. The Balaban J connectivity index is 0.875. The van der Waals surface area contributed by atoms with Crippen LogP contribution in [0.15, 0.2) is 60.8 Å². The molecule has 0 radical (unpaired) electrons. The molecule has 3 aromatic carbocycles. The summed E-state index contributed by atoms with van der Waals surface area (Å²) < 4.78 is 31.1. The number of carbonyl (C=O) groups is 5. The summed E-state index contributed by atoms with van der Waals surface area (Å²) in [6, 6.07) is 15.6. The number of nitriles is 1. The number of nitrogens with zero attached hydrogens (tertiary/aromatic N) is 8. The number of hydrogen-bond donors (Lipinski definition) is 2. The highest BCUT2D eigenvalue weighted by Crippen LogP contribution is 2.33. The molecule has 336 valence electrons. The molecule has 7 rings (SSSR count). The number of fused-ring (bicyclic) bond motifs is 1. The van der Waals surface area contributed by atoms with Gasteiger partial charge in [0.1, 0.15) is 30.0 Å². The number of carbonyl (C=O) groups excluding carboxylic acids is 5. The summed E-state index contributed by atoms with van der Waals surface area (Å²) >= 11 is 0. The molecule has 0 saturated carbocycles. The molecule has 17 heteroatoms. The van der Waals surface area contributed by atoms with E-state index in [2.05, 4.69) is 36.4 Å². The Hall–Kier alpha value is -6.67. The number of aldehydes is 1. The van der Waals surface area contributed by atoms with E-state index >= 15 is 8.78 Å². The Labute approximate surface area is 371 Å². The molecule has 4 aromatic rings. The fraction of sp³-hybridized carbons (Fsp3) is 0.426. The maximum atomic E-state index is 15.6. The molecule has 3 fully saturated rings. The molecule has 0 spiro atoms. The van der Waals surface area contributed by atoms with E-state index in [0.717, 1.165) is 73.3 Å². The Bertz CT molecular complexity index is 2430. The maximum absolute atomic E-state index is 15.6. The lowest BCUT2D eigenvalue weighted by molar-refractivity contribution is -0.131. The summed E-state index contributed by atoms with van der Waals surface area (Å²) in [5, 5.41) is 15.5. The Kier molecular flexibility index (Phi) is 14.3. The number of benzene rings is 3. The molecule has 2 atom stereocenters. The lowest BCUT2D eigenvalue weighted by Crippen LogP contribution is -2.54. The van der Waals surface area contributed by atoms with Crippen molar-refractivity contribution in [3.63, 3.8) is 0 Å². The van der Waals surface area contributed by atoms with Crippen molar-refractivity contribution in [2.75, 3.05) is 92.5 Å². The number of urea groups is 1. The smallest absolute Gasteiger partial charge is 0.322 e. The van der Waals surface area contributed by atoms with Crippen LogP contribution >= 0.6 is 0 Å². The average Bonchev–Trinajstić information content (AvgIpc) is 3.31. The number of hydrogen-bond acceptors (Lipinski definition) is 11. The van der Waals surface area contributed by atoms with Crippen LogP contribution in [0.25, 0.3) is 10.9 Å². The van der Waals surface area contributed by atoms with Crippen LogP contribution in [0.5, 0.6) is 0 Å². The first-order valence-corrected chi connectivity index (χ1v) is 21.8. The lowest BCUT2D eigenvalue weighted by atomic mass is 9.95. The van der Waals surface area contributed by atoms with Crippen molar-refractivity contribution in [1.82, 2.24) is 25.0 Å². The van der Waals surface area contributed by atoms with Gasteiger partial charge in [-0.3, -0.25) is 29.2 Å². The SMILES string of the molecule is CNC(=O)C(CCC=O)N(C=O)C(=O)c1ccc(N2CCN(CC3CCN(c4cc(F)c(NC(=O)N5CCN(c6ccc(C#N)c7ncccc67)C(C)C5)cc4F)CC3)CC2)cc1C. The van der Waals surface area contributed by atoms with Gasteiger partial charge in [0, 0.05) is 126 Å². The number of halogens is 2.